The van der Waals surface area contributed by atoms with Crippen molar-refractivity contribution in [2.24, 2.45) is 0 Å². The molecule has 0 unspecified atom stereocenters. The van der Waals surface area contributed by atoms with E-state index in [-0.39, 0.29) is 44.7 Å². The maximum absolute atomic E-state index is 9.92. The predicted octanol–water partition coefficient (Wildman–Crippen LogP) is 25.7. The number of hydrogen-bond acceptors (Lipinski definition) is 2. The van der Waals surface area contributed by atoms with Gasteiger partial charge in [-0.3, -0.25) is 0 Å². The molecular weight excluding hydrogens is 1250 g/mol. The number of para-hydroxylation sites is 2. The molecule has 2 aliphatic rings. The maximum atomic E-state index is 9.92. The Balaban J connectivity index is 1.02. The highest BCUT2D eigenvalue weighted by Crippen LogP contribution is 2.56. The molecule has 0 saturated carbocycles. The van der Waals surface area contributed by atoms with Crippen molar-refractivity contribution in [2.45, 2.75) is 78.6 Å². The number of rotatable bonds is 8. The van der Waals surface area contributed by atoms with Crippen LogP contribution in [0.15, 0.2) is 321 Å². The fourth-order valence-corrected chi connectivity index (χ4v) is 16.6. The first-order chi connectivity index (χ1) is 53.8. The molecule has 0 amide bonds. The van der Waals surface area contributed by atoms with E-state index in [9.17, 15) is 8.22 Å². The monoisotopic (exact) mass is 1340 g/mol. The second kappa shape index (κ2) is 23.8. The topological polar surface area (TPSA) is 11.4 Å². The van der Waals surface area contributed by atoms with Crippen molar-refractivity contribution in [3.05, 3.63) is 338 Å². The molecule has 19 rings (SSSR count). The van der Waals surface area contributed by atoms with Crippen molar-refractivity contribution in [1.82, 2.24) is 4.57 Å². The average Bonchev–Trinajstić information content (AvgIpc) is 1.04. The molecule has 0 radical (unpaired) electrons. The minimum atomic E-state index is -0.504. The summed E-state index contributed by atoms with van der Waals surface area (Å²) in [7, 11) is 0. The largest absolute Gasteiger partial charge is 0.310 e. The average molecular weight is 1340 g/mol. The van der Waals surface area contributed by atoms with Crippen LogP contribution in [0.25, 0.3) is 126 Å². The van der Waals surface area contributed by atoms with Gasteiger partial charge in [0.25, 0.3) is 6.71 Å². The number of nitrogens with zero attached hydrogens (tertiary/aromatic N) is 3. The number of fused-ring (bicyclic) bond motifs is 13. The van der Waals surface area contributed by atoms with Crippen LogP contribution in [0.4, 0.5) is 34.1 Å². The van der Waals surface area contributed by atoms with Crippen LogP contribution in [-0.4, -0.2) is 11.3 Å². The van der Waals surface area contributed by atoms with Crippen LogP contribution >= 0.6 is 0 Å². The molecule has 0 saturated heterocycles. The molecule has 3 heterocycles. The Kier molecular flexibility index (Phi) is 12.5. The summed E-state index contributed by atoms with van der Waals surface area (Å²) in [5.41, 5.74) is 21.7. The van der Waals surface area contributed by atoms with Gasteiger partial charge in [-0.1, -0.05) is 305 Å². The standard InChI is InChI=1S/C100H80BN3/c1-98(2,3)73-56-83(64-29-15-11-16-30-64)96(85(58-73)71-47-45-68-43-41-66-33-19-21-35-77(66)81(68)53-71)103-91-52-49-70(63-27-13-10-14-28-63)55-88(91)101-87-51-50-76(102-89-39-25-23-37-79(89)80-38-24-26-40-90(80)102)62-92(87)104(94-61-75(100(7,8)9)60-93(103)95(94)101)97-84(65-31-17-12-18-32-65)57-74(99(4,5)6)59-86(97)72-48-46-69-44-42-67-34-20-22-36-78(67)82(69)54-72/h10-62H,1-9H3/i23D,24D,25D,26D,37D,38D,39D,40D. The second-order valence-electron chi connectivity index (χ2n) is 31.5. The van der Waals surface area contributed by atoms with E-state index in [2.05, 4.69) is 339 Å². The highest BCUT2D eigenvalue weighted by molar-refractivity contribution is 7.00. The van der Waals surface area contributed by atoms with Gasteiger partial charge in [0.2, 0.25) is 0 Å². The highest BCUT2D eigenvalue weighted by Gasteiger charge is 2.47. The Bertz CT molecular complexity index is 6790. The fourth-order valence-electron chi connectivity index (χ4n) is 16.6. The molecule has 3 nitrogen and oxygen atoms in total. The summed E-state index contributed by atoms with van der Waals surface area (Å²) < 4.78 is 77.8. The lowest BCUT2D eigenvalue weighted by molar-refractivity contribution is 0.590. The van der Waals surface area contributed by atoms with Crippen molar-refractivity contribution < 1.29 is 11.0 Å². The molecule has 4 heteroatoms. The van der Waals surface area contributed by atoms with Crippen molar-refractivity contribution in [1.29, 1.82) is 0 Å². The molecule has 2 aliphatic heterocycles. The van der Waals surface area contributed by atoms with Crippen LogP contribution in [0.5, 0.6) is 0 Å². The van der Waals surface area contributed by atoms with E-state index < -0.39 is 48.4 Å². The second-order valence-corrected chi connectivity index (χ2v) is 31.5. The third kappa shape index (κ3) is 10.2. The van der Waals surface area contributed by atoms with Crippen LogP contribution in [0.3, 0.4) is 0 Å². The molecule has 0 N–H and O–H groups in total. The summed E-state index contributed by atoms with van der Waals surface area (Å²) in [4.78, 5) is 5.11. The first-order valence-electron chi connectivity index (χ1n) is 40.3. The third-order valence-corrected chi connectivity index (χ3v) is 22.0. The van der Waals surface area contributed by atoms with Crippen LogP contribution in [0, 0.1) is 0 Å². The first-order valence-corrected chi connectivity index (χ1v) is 36.3. The van der Waals surface area contributed by atoms with Gasteiger partial charge in [0, 0.05) is 61.5 Å². The van der Waals surface area contributed by atoms with Crippen molar-refractivity contribution >= 4 is 122 Å². The molecule has 0 atom stereocenters. The molecule has 498 valence electrons. The Morgan fingerprint density at radius 1 is 0.279 bits per heavy atom. The van der Waals surface area contributed by atoms with Crippen molar-refractivity contribution in [3.8, 4) is 61.3 Å². The molecule has 0 fully saturated rings. The summed E-state index contributed by atoms with van der Waals surface area (Å²) in [6.07, 6.45) is 0. The SMILES string of the molecule is [2H]c1c([2H])c([2H])c2c(c1[2H])c1c([2H])c([2H])c([2H])c([2H])c1n2-c1ccc2c(c1)N(c1c(-c3ccccc3)cc(C(C)(C)C)cc1-c1ccc3ccc4ccccc4c3c1)c1cc(C(C)(C)C)cc3c1B2c1cc(-c2ccccc2)ccc1N3c1c(-c2ccccc2)cc(C(C)(C)C)cc1-c1ccc2ccc3ccccc3c2c1. The van der Waals surface area contributed by atoms with E-state index in [0.29, 0.717) is 5.69 Å². The third-order valence-electron chi connectivity index (χ3n) is 22.0. The Hall–Kier alpha value is -12.0. The van der Waals surface area contributed by atoms with E-state index in [1.54, 1.807) is 4.57 Å². The molecule has 1 aromatic heterocycles. The Morgan fingerprint density at radius 3 is 1.15 bits per heavy atom. The zero-order valence-electron chi connectivity index (χ0n) is 67.9. The summed E-state index contributed by atoms with van der Waals surface area (Å²) in [6.45, 7) is 20.2. The van der Waals surface area contributed by atoms with Gasteiger partial charge in [-0.15, -0.1) is 0 Å². The number of anilines is 6. The number of benzene rings is 16. The molecule has 17 aromatic rings. The zero-order valence-corrected chi connectivity index (χ0v) is 59.9. The van der Waals surface area contributed by atoms with Gasteiger partial charge < -0.3 is 14.4 Å². The van der Waals surface area contributed by atoms with Gasteiger partial charge in [-0.2, -0.15) is 0 Å². The summed E-state index contributed by atoms with van der Waals surface area (Å²) >= 11 is 0. The van der Waals surface area contributed by atoms with Crippen LogP contribution in [0.2, 0.25) is 0 Å². The number of aromatic nitrogens is 1. The lowest BCUT2D eigenvalue weighted by Crippen LogP contribution is -2.61. The van der Waals surface area contributed by atoms with Crippen LogP contribution in [-0.2, 0) is 16.2 Å². The van der Waals surface area contributed by atoms with Gasteiger partial charge in [-0.05, 0) is 205 Å². The normalized spacial score (nSPS) is 14.1. The lowest BCUT2D eigenvalue weighted by Gasteiger charge is -2.47. The Morgan fingerprint density at radius 2 is 0.673 bits per heavy atom. The minimum Gasteiger partial charge on any atom is -0.310 e. The fraction of sp³-hybridized carbons (Fsp3) is 0.120. The van der Waals surface area contributed by atoms with Gasteiger partial charge >= 0.3 is 0 Å². The lowest BCUT2D eigenvalue weighted by atomic mass is 9.33. The maximum Gasteiger partial charge on any atom is 0.252 e. The predicted molar refractivity (Wildman–Crippen MR) is 448 cm³/mol. The highest BCUT2D eigenvalue weighted by atomic mass is 15.2. The van der Waals surface area contributed by atoms with Crippen LogP contribution in [0.1, 0.15) is 90.0 Å². The van der Waals surface area contributed by atoms with E-state index >= 15 is 0 Å². The van der Waals surface area contributed by atoms with Crippen molar-refractivity contribution in [3.63, 3.8) is 0 Å². The van der Waals surface area contributed by atoms with Gasteiger partial charge in [0.15, 0.2) is 0 Å². The van der Waals surface area contributed by atoms with E-state index in [1.807, 2.05) is 6.07 Å². The van der Waals surface area contributed by atoms with E-state index in [4.69, 9.17) is 2.74 Å². The summed E-state index contributed by atoms with van der Waals surface area (Å²) in [6, 6.07) is 96.8. The zero-order chi connectivity index (χ0) is 77.5. The molecular formula is C100H80BN3. The molecule has 104 heavy (non-hydrogen) atoms. The molecule has 0 aliphatic carbocycles. The van der Waals surface area contributed by atoms with E-state index in [0.717, 1.165) is 150 Å². The van der Waals surface area contributed by atoms with E-state index in [1.165, 1.54) is 16.3 Å². The summed E-state index contributed by atoms with van der Waals surface area (Å²) in [5, 5.41) is 9.19. The van der Waals surface area contributed by atoms with Gasteiger partial charge in [0.05, 0.1) is 33.4 Å². The molecule has 16 aromatic carbocycles. The van der Waals surface area contributed by atoms with Crippen LogP contribution < -0.4 is 26.2 Å². The van der Waals surface area contributed by atoms with Gasteiger partial charge in [-0.25, -0.2) is 0 Å². The summed E-state index contributed by atoms with van der Waals surface area (Å²) in [5.74, 6) is 0. The first kappa shape index (κ1) is 54.7. The smallest absolute Gasteiger partial charge is 0.252 e. The quantitative estimate of drug-likeness (QED) is 0.111. The minimum absolute atomic E-state index is 0.0131. The number of hydrogen-bond donors (Lipinski definition) is 0. The molecule has 0 bridgehead atoms. The van der Waals surface area contributed by atoms with Gasteiger partial charge in [0.1, 0.15) is 0 Å². The Labute approximate surface area is 621 Å². The molecule has 0 spiro atoms. The van der Waals surface area contributed by atoms with Crippen molar-refractivity contribution in [2.75, 3.05) is 9.80 Å².